The van der Waals surface area contributed by atoms with Crippen LogP contribution in [0.15, 0.2) is 84.9 Å². The molecule has 3 rings (SSSR count). The molecule has 1 amide bonds. The van der Waals surface area contributed by atoms with E-state index in [1.165, 1.54) is 5.56 Å². The molecule has 0 aliphatic carbocycles. The van der Waals surface area contributed by atoms with Crippen molar-refractivity contribution in [2.45, 2.75) is 26.0 Å². The average Bonchev–Trinajstić information content (AvgIpc) is 2.71. The number of hydrogen-bond donors (Lipinski definition) is 1. The van der Waals surface area contributed by atoms with Gasteiger partial charge in [-0.2, -0.15) is 0 Å². The number of hydrogen-bond acceptors (Lipinski definition) is 2. The van der Waals surface area contributed by atoms with Crippen LogP contribution in [-0.2, 0) is 24.4 Å². The van der Waals surface area contributed by atoms with E-state index >= 15 is 0 Å². The van der Waals surface area contributed by atoms with Crippen molar-refractivity contribution in [3.05, 3.63) is 102 Å². The van der Waals surface area contributed by atoms with Gasteiger partial charge in [0.2, 0.25) is 5.91 Å². The Balaban J connectivity index is 1.40. The maximum atomic E-state index is 12.0. The molecule has 0 unspecified atom stereocenters. The molecule has 0 bridgehead atoms. The van der Waals surface area contributed by atoms with Gasteiger partial charge in [0.15, 0.2) is 0 Å². The number of carbonyl (C=O) groups is 1. The highest BCUT2D eigenvalue weighted by molar-refractivity contribution is 5.76. The van der Waals surface area contributed by atoms with Gasteiger partial charge in [0.05, 0.1) is 0 Å². The summed E-state index contributed by atoms with van der Waals surface area (Å²) in [4.78, 5) is 12.0. The number of ether oxygens (including phenoxy) is 1. The molecule has 3 heteroatoms. The Hall–Kier alpha value is -3.07. The quantitative estimate of drug-likeness (QED) is 0.652. The van der Waals surface area contributed by atoms with E-state index in [9.17, 15) is 4.79 Å². The van der Waals surface area contributed by atoms with Gasteiger partial charge < -0.3 is 10.1 Å². The SMILES string of the molecule is O=C(CCc1ccccc1)NCc1ccc(OCc2ccccc2)cc1. The van der Waals surface area contributed by atoms with Gasteiger partial charge in [-0.25, -0.2) is 0 Å². The summed E-state index contributed by atoms with van der Waals surface area (Å²) in [5, 5.41) is 2.97. The van der Waals surface area contributed by atoms with Crippen LogP contribution in [0, 0.1) is 0 Å². The van der Waals surface area contributed by atoms with Gasteiger partial charge in [-0.1, -0.05) is 72.8 Å². The Kier molecular flexibility index (Phi) is 6.43. The van der Waals surface area contributed by atoms with Gasteiger partial charge in [-0.15, -0.1) is 0 Å². The highest BCUT2D eigenvalue weighted by Gasteiger charge is 2.03. The van der Waals surface area contributed by atoms with Crippen LogP contribution >= 0.6 is 0 Å². The topological polar surface area (TPSA) is 38.3 Å². The maximum Gasteiger partial charge on any atom is 0.220 e. The smallest absolute Gasteiger partial charge is 0.220 e. The predicted octanol–water partition coefficient (Wildman–Crippen LogP) is 4.51. The molecular weight excluding hydrogens is 322 g/mol. The minimum absolute atomic E-state index is 0.0678. The highest BCUT2D eigenvalue weighted by Crippen LogP contribution is 2.14. The molecule has 1 N–H and O–H groups in total. The normalized spacial score (nSPS) is 10.3. The van der Waals surface area contributed by atoms with E-state index in [2.05, 4.69) is 5.32 Å². The van der Waals surface area contributed by atoms with Crippen molar-refractivity contribution in [2.75, 3.05) is 0 Å². The van der Waals surface area contributed by atoms with E-state index in [1.54, 1.807) is 0 Å². The Labute approximate surface area is 154 Å². The Morgan fingerprint density at radius 1 is 0.731 bits per heavy atom. The zero-order valence-electron chi connectivity index (χ0n) is 14.7. The molecule has 3 aromatic rings. The summed E-state index contributed by atoms with van der Waals surface area (Å²) in [6.07, 6.45) is 1.27. The summed E-state index contributed by atoms with van der Waals surface area (Å²) in [7, 11) is 0. The first kappa shape index (κ1) is 17.7. The molecule has 3 nitrogen and oxygen atoms in total. The van der Waals surface area contributed by atoms with Crippen LogP contribution < -0.4 is 10.1 Å². The maximum absolute atomic E-state index is 12.0. The fourth-order valence-electron chi connectivity index (χ4n) is 2.64. The third-order valence-electron chi connectivity index (χ3n) is 4.14. The van der Waals surface area contributed by atoms with Crippen LogP contribution in [0.1, 0.15) is 23.1 Å². The van der Waals surface area contributed by atoms with E-state index in [0.29, 0.717) is 19.6 Å². The van der Waals surface area contributed by atoms with E-state index in [1.807, 2.05) is 84.9 Å². The molecule has 0 heterocycles. The predicted molar refractivity (Wildman–Crippen MR) is 104 cm³/mol. The molecule has 0 atom stereocenters. The van der Waals surface area contributed by atoms with Crippen LogP contribution in [0.3, 0.4) is 0 Å². The lowest BCUT2D eigenvalue weighted by Crippen LogP contribution is -2.22. The molecule has 0 saturated heterocycles. The number of nitrogens with one attached hydrogen (secondary N) is 1. The van der Waals surface area contributed by atoms with Crippen molar-refractivity contribution >= 4 is 5.91 Å². The summed E-state index contributed by atoms with van der Waals surface area (Å²) in [6.45, 7) is 1.09. The first-order valence-electron chi connectivity index (χ1n) is 8.86. The van der Waals surface area contributed by atoms with Gasteiger partial charge >= 0.3 is 0 Å². The zero-order chi connectivity index (χ0) is 18.0. The van der Waals surface area contributed by atoms with Crippen molar-refractivity contribution in [1.82, 2.24) is 5.32 Å². The first-order valence-corrected chi connectivity index (χ1v) is 8.86. The van der Waals surface area contributed by atoms with Crippen molar-refractivity contribution < 1.29 is 9.53 Å². The fraction of sp³-hybridized carbons (Fsp3) is 0.174. The van der Waals surface area contributed by atoms with E-state index in [4.69, 9.17) is 4.74 Å². The molecule has 0 radical (unpaired) electrons. The number of rotatable bonds is 8. The van der Waals surface area contributed by atoms with Gasteiger partial charge in [-0.05, 0) is 35.2 Å². The lowest BCUT2D eigenvalue weighted by Gasteiger charge is -2.08. The molecule has 26 heavy (non-hydrogen) atoms. The molecule has 0 spiro atoms. The zero-order valence-corrected chi connectivity index (χ0v) is 14.7. The van der Waals surface area contributed by atoms with E-state index in [-0.39, 0.29) is 5.91 Å². The van der Waals surface area contributed by atoms with Crippen LogP contribution in [0.25, 0.3) is 0 Å². The second-order valence-electron chi connectivity index (χ2n) is 6.18. The number of benzene rings is 3. The van der Waals surface area contributed by atoms with E-state index in [0.717, 1.165) is 23.3 Å². The van der Waals surface area contributed by atoms with Gasteiger partial charge in [-0.3, -0.25) is 4.79 Å². The Morgan fingerprint density at radius 2 is 1.35 bits per heavy atom. The molecule has 0 aliphatic rings. The van der Waals surface area contributed by atoms with Gasteiger partial charge in [0, 0.05) is 13.0 Å². The highest BCUT2D eigenvalue weighted by atomic mass is 16.5. The number of amides is 1. The van der Waals surface area contributed by atoms with E-state index < -0.39 is 0 Å². The molecule has 0 saturated carbocycles. The summed E-state index contributed by atoms with van der Waals surface area (Å²) < 4.78 is 5.77. The lowest BCUT2D eigenvalue weighted by atomic mass is 10.1. The minimum Gasteiger partial charge on any atom is -0.489 e. The number of carbonyl (C=O) groups excluding carboxylic acids is 1. The fourth-order valence-corrected chi connectivity index (χ4v) is 2.64. The molecule has 3 aromatic carbocycles. The summed E-state index contributed by atoms with van der Waals surface area (Å²) in [5.41, 5.74) is 3.38. The summed E-state index contributed by atoms with van der Waals surface area (Å²) in [6, 6.07) is 28.0. The van der Waals surface area contributed by atoms with Gasteiger partial charge in [0.25, 0.3) is 0 Å². The van der Waals surface area contributed by atoms with Crippen LogP contribution in [0.2, 0.25) is 0 Å². The van der Waals surface area contributed by atoms with Crippen LogP contribution in [-0.4, -0.2) is 5.91 Å². The second-order valence-corrected chi connectivity index (χ2v) is 6.18. The Morgan fingerprint density at radius 3 is 2.00 bits per heavy atom. The van der Waals surface area contributed by atoms with Gasteiger partial charge in [0.1, 0.15) is 12.4 Å². The third-order valence-corrected chi connectivity index (χ3v) is 4.14. The van der Waals surface area contributed by atoms with Crippen molar-refractivity contribution in [1.29, 1.82) is 0 Å². The molecule has 0 fully saturated rings. The number of aryl methyl sites for hydroxylation is 1. The lowest BCUT2D eigenvalue weighted by molar-refractivity contribution is -0.121. The first-order chi connectivity index (χ1) is 12.8. The summed E-state index contributed by atoms with van der Waals surface area (Å²) >= 11 is 0. The molecule has 132 valence electrons. The van der Waals surface area contributed by atoms with Crippen LogP contribution in [0.5, 0.6) is 5.75 Å². The third kappa shape index (κ3) is 5.78. The minimum atomic E-state index is 0.0678. The standard InChI is InChI=1S/C23H23NO2/c25-23(16-13-19-7-3-1-4-8-19)24-17-20-11-14-22(15-12-20)26-18-21-9-5-2-6-10-21/h1-12,14-15H,13,16-18H2,(H,24,25). The van der Waals surface area contributed by atoms with Crippen molar-refractivity contribution in [3.8, 4) is 5.75 Å². The molecular formula is C23H23NO2. The second kappa shape index (κ2) is 9.42. The average molecular weight is 345 g/mol. The largest absolute Gasteiger partial charge is 0.489 e. The van der Waals surface area contributed by atoms with Crippen molar-refractivity contribution in [3.63, 3.8) is 0 Å². The monoisotopic (exact) mass is 345 g/mol. The summed E-state index contributed by atoms with van der Waals surface area (Å²) in [5.74, 6) is 0.895. The van der Waals surface area contributed by atoms with Crippen LogP contribution in [0.4, 0.5) is 0 Å². The Bertz CT molecular complexity index is 799. The van der Waals surface area contributed by atoms with Crippen molar-refractivity contribution in [2.24, 2.45) is 0 Å². The molecule has 0 aliphatic heterocycles. The molecule has 0 aromatic heterocycles.